The van der Waals surface area contributed by atoms with Crippen molar-refractivity contribution in [3.8, 4) is 0 Å². The molecule has 106 valence electrons. The van der Waals surface area contributed by atoms with Gasteiger partial charge < -0.3 is 19.7 Å². The van der Waals surface area contributed by atoms with Crippen LogP contribution in [0, 0.1) is 11.8 Å². The van der Waals surface area contributed by atoms with Crippen molar-refractivity contribution in [3.05, 3.63) is 35.9 Å². The molecule has 0 aliphatic carbocycles. The summed E-state index contributed by atoms with van der Waals surface area (Å²) in [5.74, 6) is 0.142. The average Bonchev–Trinajstić information content (AvgIpc) is 2.45. The summed E-state index contributed by atoms with van der Waals surface area (Å²) in [6.07, 6.45) is -1.62. The molecule has 1 aliphatic rings. The maximum Gasteiger partial charge on any atom is 0.184 e. The van der Waals surface area contributed by atoms with Crippen LogP contribution in [0.5, 0.6) is 0 Å². The van der Waals surface area contributed by atoms with Crippen LogP contribution in [0.25, 0.3) is 0 Å². The van der Waals surface area contributed by atoms with Gasteiger partial charge in [0.1, 0.15) is 6.10 Å². The highest BCUT2D eigenvalue weighted by Gasteiger charge is 2.40. The van der Waals surface area contributed by atoms with E-state index in [1.165, 1.54) is 0 Å². The molecule has 0 spiro atoms. The van der Waals surface area contributed by atoms with Crippen LogP contribution in [0.3, 0.4) is 0 Å². The van der Waals surface area contributed by atoms with E-state index in [1.54, 1.807) is 0 Å². The lowest BCUT2D eigenvalue weighted by molar-refractivity contribution is -0.278. The van der Waals surface area contributed by atoms with Crippen molar-refractivity contribution in [2.24, 2.45) is 11.8 Å². The Bertz CT molecular complexity index is 379. The summed E-state index contributed by atoms with van der Waals surface area (Å²) in [6, 6.07) is 9.76. The number of ether oxygens (including phenoxy) is 2. The zero-order chi connectivity index (χ0) is 13.8. The molecule has 1 aromatic rings. The third-order valence-corrected chi connectivity index (χ3v) is 3.98. The maximum atomic E-state index is 10.2. The topological polar surface area (TPSA) is 58.9 Å². The van der Waals surface area contributed by atoms with Gasteiger partial charge in [-0.3, -0.25) is 0 Å². The summed E-state index contributed by atoms with van der Waals surface area (Å²) in [5, 5.41) is 19.5. The van der Waals surface area contributed by atoms with Gasteiger partial charge in [0.2, 0.25) is 0 Å². The molecule has 2 N–H and O–H groups in total. The highest BCUT2D eigenvalue weighted by molar-refractivity contribution is 5.13. The fourth-order valence-corrected chi connectivity index (χ4v) is 2.37. The van der Waals surface area contributed by atoms with Gasteiger partial charge in [-0.15, -0.1) is 0 Å². The predicted molar refractivity (Wildman–Crippen MR) is 71.3 cm³/mol. The summed E-state index contributed by atoms with van der Waals surface area (Å²) < 4.78 is 11.3. The molecule has 4 heteroatoms. The normalized spacial score (nSPS) is 35.3. The third-order valence-electron chi connectivity index (χ3n) is 3.98. The van der Waals surface area contributed by atoms with Crippen LogP contribution in [0.1, 0.15) is 19.4 Å². The Morgan fingerprint density at radius 1 is 1.16 bits per heavy atom. The third kappa shape index (κ3) is 3.34. The Kier molecular flexibility index (Phi) is 4.93. The minimum atomic E-state index is -0.677. The molecule has 0 saturated carbocycles. The smallest absolute Gasteiger partial charge is 0.184 e. The van der Waals surface area contributed by atoms with Gasteiger partial charge in [0.15, 0.2) is 6.29 Å². The van der Waals surface area contributed by atoms with E-state index < -0.39 is 12.4 Å². The molecule has 19 heavy (non-hydrogen) atoms. The molecule has 3 unspecified atom stereocenters. The molecule has 0 bridgehead atoms. The highest BCUT2D eigenvalue weighted by atomic mass is 16.7. The van der Waals surface area contributed by atoms with Gasteiger partial charge in [-0.25, -0.2) is 0 Å². The lowest BCUT2D eigenvalue weighted by Crippen LogP contribution is -2.51. The SMILES string of the molecule is C[C@@H]1C(CO)OC(OCc2ccccc2)C(O)[C@H]1C. The van der Waals surface area contributed by atoms with Gasteiger partial charge in [-0.1, -0.05) is 44.2 Å². The van der Waals surface area contributed by atoms with Crippen molar-refractivity contribution in [1.29, 1.82) is 0 Å². The standard InChI is InChI=1S/C15H22O4/c1-10-11(2)14(17)15(19-13(10)8-16)18-9-12-6-4-3-5-7-12/h3-7,10-11,13-17H,8-9H2,1-2H3/t10-,11-,13?,14?,15?/m0/s1. The van der Waals surface area contributed by atoms with E-state index in [0.717, 1.165) is 5.56 Å². The molecule has 0 radical (unpaired) electrons. The van der Waals surface area contributed by atoms with Crippen LogP contribution in [-0.4, -0.2) is 35.3 Å². The summed E-state index contributed by atoms with van der Waals surface area (Å²) >= 11 is 0. The van der Waals surface area contributed by atoms with Crippen LogP contribution < -0.4 is 0 Å². The first-order chi connectivity index (χ1) is 9.13. The molecule has 4 nitrogen and oxygen atoms in total. The highest BCUT2D eigenvalue weighted by Crippen LogP contribution is 2.31. The van der Waals surface area contributed by atoms with Crippen LogP contribution >= 0.6 is 0 Å². The Balaban J connectivity index is 1.95. The summed E-state index contributed by atoms with van der Waals surface area (Å²) in [5.41, 5.74) is 1.03. The average molecular weight is 266 g/mol. The number of hydrogen-bond acceptors (Lipinski definition) is 4. The first-order valence-electron chi connectivity index (χ1n) is 6.73. The van der Waals surface area contributed by atoms with E-state index in [-0.39, 0.29) is 24.5 Å². The molecule has 0 aromatic heterocycles. The lowest BCUT2D eigenvalue weighted by atomic mass is 9.84. The lowest BCUT2D eigenvalue weighted by Gasteiger charge is -2.41. The second-order valence-electron chi connectivity index (χ2n) is 5.23. The summed E-state index contributed by atoms with van der Waals surface area (Å²) in [4.78, 5) is 0. The minimum absolute atomic E-state index is 0.0340. The van der Waals surface area contributed by atoms with Crippen LogP contribution in [0.4, 0.5) is 0 Å². The zero-order valence-electron chi connectivity index (χ0n) is 11.4. The van der Waals surface area contributed by atoms with Crippen molar-refractivity contribution in [2.45, 2.75) is 39.0 Å². The molecule has 1 aliphatic heterocycles. The molecule has 1 fully saturated rings. The van der Waals surface area contributed by atoms with Crippen molar-refractivity contribution < 1.29 is 19.7 Å². The van der Waals surface area contributed by atoms with E-state index in [2.05, 4.69) is 0 Å². The van der Waals surface area contributed by atoms with Gasteiger partial charge in [0.05, 0.1) is 19.3 Å². The number of aliphatic hydroxyl groups excluding tert-OH is 2. The van der Waals surface area contributed by atoms with Crippen molar-refractivity contribution >= 4 is 0 Å². The Morgan fingerprint density at radius 3 is 2.47 bits per heavy atom. The second-order valence-corrected chi connectivity index (χ2v) is 5.23. The van der Waals surface area contributed by atoms with Gasteiger partial charge >= 0.3 is 0 Å². The molecule has 0 amide bonds. The van der Waals surface area contributed by atoms with Gasteiger partial charge in [-0.2, -0.15) is 0 Å². The van der Waals surface area contributed by atoms with E-state index in [4.69, 9.17) is 9.47 Å². The molecule has 2 rings (SSSR count). The van der Waals surface area contributed by atoms with Crippen LogP contribution in [0.2, 0.25) is 0 Å². The number of benzene rings is 1. The first-order valence-corrected chi connectivity index (χ1v) is 6.73. The van der Waals surface area contributed by atoms with E-state index >= 15 is 0 Å². The summed E-state index contributed by atoms with van der Waals surface area (Å²) in [6.45, 7) is 4.27. The van der Waals surface area contributed by atoms with E-state index in [9.17, 15) is 10.2 Å². The Morgan fingerprint density at radius 2 is 1.84 bits per heavy atom. The number of rotatable bonds is 4. The van der Waals surface area contributed by atoms with Gasteiger partial charge in [-0.05, 0) is 17.4 Å². The largest absolute Gasteiger partial charge is 0.394 e. The van der Waals surface area contributed by atoms with Crippen LogP contribution in [-0.2, 0) is 16.1 Å². The zero-order valence-corrected chi connectivity index (χ0v) is 11.4. The predicted octanol–water partition coefficient (Wildman–Crippen LogP) is 1.55. The number of hydrogen-bond donors (Lipinski definition) is 2. The Hall–Kier alpha value is -0.940. The van der Waals surface area contributed by atoms with Crippen molar-refractivity contribution in [1.82, 2.24) is 0 Å². The molecular weight excluding hydrogens is 244 g/mol. The van der Waals surface area contributed by atoms with Crippen molar-refractivity contribution in [3.63, 3.8) is 0 Å². The molecule has 1 aromatic carbocycles. The molecule has 1 heterocycles. The molecule has 5 atom stereocenters. The molecule has 1 saturated heterocycles. The quantitative estimate of drug-likeness (QED) is 0.868. The fourth-order valence-electron chi connectivity index (χ4n) is 2.37. The van der Waals surface area contributed by atoms with E-state index in [1.807, 2.05) is 44.2 Å². The van der Waals surface area contributed by atoms with Gasteiger partial charge in [0, 0.05) is 0 Å². The monoisotopic (exact) mass is 266 g/mol. The maximum absolute atomic E-state index is 10.2. The van der Waals surface area contributed by atoms with E-state index in [0.29, 0.717) is 6.61 Å². The first kappa shape index (κ1) is 14.5. The fraction of sp³-hybridized carbons (Fsp3) is 0.600. The summed E-state index contributed by atoms with van der Waals surface area (Å²) in [7, 11) is 0. The molecular formula is C15H22O4. The minimum Gasteiger partial charge on any atom is -0.394 e. The van der Waals surface area contributed by atoms with Gasteiger partial charge in [0.25, 0.3) is 0 Å². The van der Waals surface area contributed by atoms with Crippen LogP contribution in [0.15, 0.2) is 30.3 Å². The second kappa shape index (κ2) is 6.48. The number of aliphatic hydroxyl groups is 2. The van der Waals surface area contributed by atoms with Crippen molar-refractivity contribution in [2.75, 3.05) is 6.61 Å². The Labute approximate surface area is 114 Å².